The lowest BCUT2D eigenvalue weighted by Crippen LogP contribution is -2.15. The Bertz CT molecular complexity index is 782. The maximum absolute atomic E-state index is 11.9. The Morgan fingerprint density at radius 2 is 1.91 bits per heavy atom. The van der Waals surface area contributed by atoms with Crippen LogP contribution in [0.3, 0.4) is 0 Å². The zero-order valence-corrected chi connectivity index (χ0v) is 13.8. The van der Waals surface area contributed by atoms with E-state index in [0.29, 0.717) is 5.69 Å². The molecule has 10 heteroatoms. The zero-order chi connectivity index (χ0) is 16.3. The first kappa shape index (κ1) is 17.0. The van der Waals surface area contributed by atoms with Gasteiger partial charge in [-0.1, -0.05) is 46.6 Å². The predicted octanol–water partition coefficient (Wildman–Crippen LogP) is 3.17. The summed E-state index contributed by atoms with van der Waals surface area (Å²) in [7, 11) is 0. The number of thioether (sulfide) groups is 1. The van der Waals surface area contributed by atoms with E-state index in [4.69, 9.17) is 34.8 Å². The van der Waals surface area contributed by atoms with Crippen molar-refractivity contribution in [3.63, 3.8) is 0 Å². The monoisotopic (exact) mass is 379 g/mol. The van der Waals surface area contributed by atoms with E-state index in [1.165, 1.54) is 12.1 Å². The molecule has 0 atom stereocenters. The number of anilines is 1. The summed E-state index contributed by atoms with van der Waals surface area (Å²) in [4.78, 5) is 29.1. The first-order valence-electron chi connectivity index (χ1n) is 5.72. The fraction of sp³-hybridized carbons (Fsp3) is 0.0833. The van der Waals surface area contributed by atoms with E-state index in [-0.39, 0.29) is 26.0 Å². The summed E-state index contributed by atoms with van der Waals surface area (Å²) in [5, 5.41) is 12.7. The summed E-state index contributed by atoms with van der Waals surface area (Å²) in [6.45, 7) is 0. The van der Waals surface area contributed by atoms with Gasteiger partial charge in [0.05, 0.1) is 32.6 Å². The quantitative estimate of drug-likeness (QED) is 0.430. The molecule has 22 heavy (non-hydrogen) atoms. The molecule has 1 aromatic heterocycles. The zero-order valence-electron chi connectivity index (χ0n) is 10.7. The van der Waals surface area contributed by atoms with Gasteiger partial charge in [-0.15, -0.1) is 0 Å². The van der Waals surface area contributed by atoms with E-state index >= 15 is 0 Å². The molecule has 3 N–H and O–H groups in total. The number of carbonyl (C=O) groups is 1. The van der Waals surface area contributed by atoms with Gasteiger partial charge in [0, 0.05) is 0 Å². The van der Waals surface area contributed by atoms with Gasteiger partial charge in [0.1, 0.15) is 0 Å². The van der Waals surface area contributed by atoms with E-state index in [1.807, 2.05) is 0 Å². The van der Waals surface area contributed by atoms with Crippen molar-refractivity contribution in [3.8, 4) is 5.88 Å². The van der Waals surface area contributed by atoms with E-state index in [0.717, 1.165) is 17.8 Å². The standard InChI is InChI=1S/C12H8Cl3N3O3S/c13-5-1-7(15)8(2-6(5)14)16-11(21)4-22-12-17-9(19)3-10(20)18-12/h1-3H,4H2,(H,16,21)(H2,17,18,19,20). The number of aromatic hydroxyl groups is 1. The molecule has 1 aromatic carbocycles. The van der Waals surface area contributed by atoms with Gasteiger partial charge in [0.15, 0.2) is 5.16 Å². The van der Waals surface area contributed by atoms with Gasteiger partial charge in [-0.2, -0.15) is 4.98 Å². The predicted molar refractivity (Wildman–Crippen MR) is 87.3 cm³/mol. The molecule has 0 spiro atoms. The molecule has 0 aliphatic carbocycles. The minimum atomic E-state index is -0.511. The first-order valence-corrected chi connectivity index (χ1v) is 7.84. The van der Waals surface area contributed by atoms with E-state index < -0.39 is 17.3 Å². The Kier molecular flexibility index (Phi) is 5.57. The van der Waals surface area contributed by atoms with Crippen molar-refractivity contribution >= 4 is 58.2 Å². The number of benzene rings is 1. The van der Waals surface area contributed by atoms with Gasteiger partial charge >= 0.3 is 0 Å². The highest BCUT2D eigenvalue weighted by molar-refractivity contribution is 7.99. The average molecular weight is 381 g/mol. The molecule has 0 bridgehead atoms. The molecule has 0 aliphatic rings. The largest absolute Gasteiger partial charge is 0.493 e. The maximum Gasteiger partial charge on any atom is 0.255 e. The molecule has 2 rings (SSSR count). The average Bonchev–Trinajstić information content (AvgIpc) is 2.41. The number of halogens is 3. The summed E-state index contributed by atoms with van der Waals surface area (Å²) < 4.78 is 0. The highest BCUT2D eigenvalue weighted by atomic mass is 35.5. The molecule has 0 aliphatic heterocycles. The Labute approximate surface area is 143 Å². The van der Waals surface area contributed by atoms with Gasteiger partial charge in [0.25, 0.3) is 5.56 Å². The fourth-order valence-corrected chi connectivity index (χ4v) is 2.69. The molecule has 1 heterocycles. The van der Waals surface area contributed by atoms with Crippen molar-refractivity contribution < 1.29 is 9.90 Å². The second kappa shape index (κ2) is 7.23. The van der Waals surface area contributed by atoms with Crippen LogP contribution < -0.4 is 10.9 Å². The van der Waals surface area contributed by atoms with Gasteiger partial charge < -0.3 is 15.4 Å². The number of rotatable bonds is 4. The number of hydrogen-bond acceptors (Lipinski definition) is 5. The molecule has 6 nitrogen and oxygen atoms in total. The Morgan fingerprint density at radius 3 is 2.59 bits per heavy atom. The van der Waals surface area contributed by atoms with Crippen LogP contribution in [0.1, 0.15) is 0 Å². The van der Waals surface area contributed by atoms with Crippen LogP contribution in [0, 0.1) is 0 Å². The molecule has 0 radical (unpaired) electrons. The smallest absolute Gasteiger partial charge is 0.255 e. The summed E-state index contributed by atoms with van der Waals surface area (Å²) in [6.07, 6.45) is 0. The number of aromatic amines is 1. The Morgan fingerprint density at radius 1 is 1.23 bits per heavy atom. The van der Waals surface area contributed by atoms with Gasteiger partial charge in [-0.05, 0) is 12.1 Å². The highest BCUT2D eigenvalue weighted by Crippen LogP contribution is 2.32. The fourth-order valence-electron chi connectivity index (χ4n) is 1.43. The second-order valence-corrected chi connectivity index (χ2v) is 6.18. The summed E-state index contributed by atoms with van der Waals surface area (Å²) in [5.41, 5.74) is -0.193. The van der Waals surface area contributed by atoms with Crippen LogP contribution >= 0.6 is 46.6 Å². The van der Waals surface area contributed by atoms with Crippen molar-refractivity contribution in [2.45, 2.75) is 5.16 Å². The van der Waals surface area contributed by atoms with Crippen LogP contribution in [0.2, 0.25) is 15.1 Å². The van der Waals surface area contributed by atoms with E-state index in [2.05, 4.69) is 15.3 Å². The van der Waals surface area contributed by atoms with Crippen LogP contribution in [-0.4, -0.2) is 26.7 Å². The number of aromatic nitrogens is 2. The Balaban J connectivity index is 2.01. The molecule has 0 unspecified atom stereocenters. The number of H-pyrrole nitrogens is 1. The number of nitrogens with zero attached hydrogens (tertiary/aromatic N) is 1. The van der Waals surface area contributed by atoms with Crippen LogP contribution in [-0.2, 0) is 4.79 Å². The minimum absolute atomic E-state index is 0.0526. The lowest BCUT2D eigenvalue weighted by Gasteiger charge is -2.08. The highest BCUT2D eigenvalue weighted by Gasteiger charge is 2.11. The lowest BCUT2D eigenvalue weighted by atomic mass is 10.3. The van der Waals surface area contributed by atoms with Crippen LogP contribution in [0.25, 0.3) is 0 Å². The van der Waals surface area contributed by atoms with Crippen LogP contribution in [0.15, 0.2) is 28.2 Å². The second-order valence-electron chi connectivity index (χ2n) is 3.99. The van der Waals surface area contributed by atoms with E-state index in [1.54, 1.807) is 0 Å². The normalized spacial score (nSPS) is 10.5. The number of nitrogens with one attached hydrogen (secondary N) is 2. The van der Waals surface area contributed by atoms with Crippen LogP contribution in [0.5, 0.6) is 5.88 Å². The summed E-state index contributed by atoms with van der Waals surface area (Å²) in [5.74, 6) is -0.862. The van der Waals surface area contributed by atoms with Crippen molar-refractivity contribution in [1.29, 1.82) is 0 Å². The van der Waals surface area contributed by atoms with Crippen molar-refractivity contribution in [2.75, 3.05) is 11.1 Å². The molecule has 0 saturated carbocycles. The van der Waals surface area contributed by atoms with Crippen molar-refractivity contribution in [3.05, 3.63) is 43.6 Å². The molecular weight excluding hydrogens is 373 g/mol. The number of carbonyl (C=O) groups excluding carboxylic acids is 1. The molecular formula is C12H8Cl3N3O3S. The maximum atomic E-state index is 11.9. The molecule has 2 aromatic rings. The SMILES string of the molecule is O=C(CSc1nc(O)cc(=O)[nH]1)Nc1cc(Cl)c(Cl)cc1Cl. The summed E-state index contributed by atoms with van der Waals surface area (Å²) in [6, 6.07) is 3.78. The third-order valence-electron chi connectivity index (χ3n) is 2.33. The van der Waals surface area contributed by atoms with Gasteiger partial charge in [-0.25, -0.2) is 0 Å². The summed E-state index contributed by atoms with van der Waals surface area (Å²) >= 11 is 18.5. The minimum Gasteiger partial charge on any atom is -0.493 e. The lowest BCUT2D eigenvalue weighted by molar-refractivity contribution is -0.113. The third kappa shape index (κ3) is 4.54. The molecule has 116 valence electrons. The third-order valence-corrected chi connectivity index (χ3v) is 4.24. The van der Waals surface area contributed by atoms with Gasteiger partial charge in [0.2, 0.25) is 11.8 Å². The topological polar surface area (TPSA) is 95.1 Å². The molecule has 1 amide bonds. The van der Waals surface area contributed by atoms with Crippen LogP contribution in [0.4, 0.5) is 5.69 Å². The van der Waals surface area contributed by atoms with Crippen molar-refractivity contribution in [1.82, 2.24) is 9.97 Å². The van der Waals surface area contributed by atoms with Crippen molar-refractivity contribution in [2.24, 2.45) is 0 Å². The molecule has 0 saturated heterocycles. The Hall–Kier alpha value is -1.41. The van der Waals surface area contributed by atoms with E-state index in [9.17, 15) is 14.7 Å². The molecule has 0 fully saturated rings. The first-order chi connectivity index (χ1) is 10.3. The number of hydrogen-bond donors (Lipinski definition) is 3. The number of amides is 1. The van der Waals surface area contributed by atoms with Gasteiger partial charge in [-0.3, -0.25) is 9.59 Å².